The maximum Gasteiger partial charge on any atom is 0.0927 e. The fourth-order valence-electron chi connectivity index (χ4n) is 1.84. The van der Waals surface area contributed by atoms with Crippen molar-refractivity contribution in [3.8, 4) is 16.9 Å². The number of halogens is 2. The Morgan fingerprint density at radius 1 is 0.737 bits per heavy atom. The van der Waals surface area contributed by atoms with Gasteiger partial charge in [-0.05, 0) is 42.5 Å². The fourth-order valence-corrected chi connectivity index (χ4v) is 2.09. The predicted molar refractivity (Wildman–Crippen MR) is 79.0 cm³/mol. The Morgan fingerprint density at radius 2 is 1.32 bits per heavy atom. The highest BCUT2D eigenvalue weighted by molar-refractivity contribution is 6.30. The molecule has 3 rings (SSSR count). The minimum atomic E-state index is 0.717. The molecule has 0 saturated heterocycles. The van der Waals surface area contributed by atoms with Gasteiger partial charge in [0.25, 0.3) is 0 Å². The first-order valence-corrected chi connectivity index (χ1v) is 6.55. The van der Waals surface area contributed by atoms with E-state index in [4.69, 9.17) is 23.2 Å². The molecule has 0 aliphatic carbocycles. The Kier molecular flexibility index (Phi) is 3.28. The average molecular weight is 289 g/mol. The average Bonchev–Trinajstić information content (AvgIpc) is 2.90. The molecule has 0 spiro atoms. The SMILES string of the molecule is Clc1ccc(-c2ccn(-c3ccc(Cl)cc3)n2)cc1. The molecule has 0 bridgehead atoms. The lowest BCUT2D eigenvalue weighted by atomic mass is 10.2. The molecule has 94 valence electrons. The van der Waals surface area contributed by atoms with Crippen molar-refractivity contribution in [2.24, 2.45) is 0 Å². The van der Waals surface area contributed by atoms with Crippen LogP contribution in [-0.4, -0.2) is 9.78 Å². The second kappa shape index (κ2) is 5.08. The van der Waals surface area contributed by atoms with E-state index >= 15 is 0 Å². The zero-order chi connectivity index (χ0) is 13.2. The van der Waals surface area contributed by atoms with Crippen LogP contribution in [0.15, 0.2) is 60.8 Å². The maximum atomic E-state index is 5.88. The molecular weight excluding hydrogens is 279 g/mol. The van der Waals surface area contributed by atoms with Crippen molar-refractivity contribution in [2.75, 3.05) is 0 Å². The first-order chi connectivity index (χ1) is 9.22. The lowest BCUT2D eigenvalue weighted by Crippen LogP contribution is -1.94. The first-order valence-electron chi connectivity index (χ1n) is 5.80. The third-order valence-electron chi connectivity index (χ3n) is 2.82. The standard InChI is InChI=1S/C15H10Cl2N2/c16-12-3-1-11(2-4-12)15-9-10-19(18-15)14-7-5-13(17)6-8-14/h1-10H. The zero-order valence-electron chi connectivity index (χ0n) is 9.92. The van der Waals surface area contributed by atoms with Crippen LogP contribution in [-0.2, 0) is 0 Å². The van der Waals surface area contributed by atoms with Crippen LogP contribution >= 0.6 is 23.2 Å². The highest BCUT2D eigenvalue weighted by Crippen LogP contribution is 2.21. The van der Waals surface area contributed by atoms with Crippen LogP contribution in [0.1, 0.15) is 0 Å². The van der Waals surface area contributed by atoms with Gasteiger partial charge in [0.15, 0.2) is 0 Å². The second-order valence-corrected chi connectivity index (χ2v) is 5.00. The van der Waals surface area contributed by atoms with Crippen molar-refractivity contribution >= 4 is 23.2 Å². The molecule has 0 saturated carbocycles. The number of rotatable bonds is 2. The molecule has 0 atom stereocenters. The lowest BCUT2D eigenvalue weighted by molar-refractivity contribution is 0.884. The van der Waals surface area contributed by atoms with Gasteiger partial charge in [0.1, 0.15) is 0 Å². The molecule has 0 aliphatic heterocycles. The third kappa shape index (κ3) is 2.65. The zero-order valence-corrected chi connectivity index (χ0v) is 11.4. The molecule has 1 aromatic heterocycles. The molecule has 4 heteroatoms. The van der Waals surface area contributed by atoms with Gasteiger partial charge in [0.2, 0.25) is 0 Å². The number of benzene rings is 2. The Labute approximate surface area is 121 Å². The molecule has 0 N–H and O–H groups in total. The van der Waals surface area contributed by atoms with Crippen molar-refractivity contribution in [2.45, 2.75) is 0 Å². The van der Waals surface area contributed by atoms with Crippen molar-refractivity contribution in [1.82, 2.24) is 9.78 Å². The van der Waals surface area contributed by atoms with E-state index in [0.29, 0.717) is 5.02 Å². The number of aromatic nitrogens is 2. The Hall–Kier alpha value is -1.77. The third-order valence-corrected chi connectivity index (χ3v) is 3.32. The molecule has 2 aromatic carbocycles. The van der Waals surface area contributed by atoms with E-state index in [1.807, 2.05) is 65.5 Å². The lowest BCUT2D eigenvalue weighted by Gasteiger charge is -2.01. The van der Waals surface area contributed by atoms with Crippen LogP contribution < -0.4 is 0 Å². The summed E-state index contributed by atoms with van der Waals surface area (Å²) in [6, 6.07) is 17.2. The summed E-state index contributed by atoms with van der Waals surface area (Å²) < 4.78 is 1.82. The molecule has 3 aromatic rings. The van der Waals surface area contributed by atoms with Gasteiger partial charge in [-0.1, -0.05) is 35.3 Å². The second-order valence-electron chi connectivity index (χ2n) is 4.13. The molecule has 0 unspecified atom stereocenters. The quantitative estimate of drug-likeness (QED) is 0.659. The normalized spacial score (nSPS) is 10.6. The Bertz CT molecular complexity index is 625. The van der Waals surface area contributed by atoms with Crippen molar-refractivity contribution in [1.29, 1.82) is 0 Å². The van der Waals surface area contributed by atoms with E-state index < -0.39 is 0 Å². The molecule has 19 heavy (non-hydrogen) atoms. The van der Waals surface area contributed by atoms with Gasteiger partial charge in [0, 0.05) is 21.8 Å². The van der Waals surface area contributed by atoms with Gasteiger partial charge in [0.05, 0.1) is 11.4 Å². The summed E-state index contributed by atoms with van der Waals surface area (Å²) in [5.41, 5.74) is 2.92. The smallest absolute Gasteiger partial charge is 0.0927 e. The van der Waals surface area contributed by atoms with Gasteiger partial charge >= 0.3 is 0 Å². The molecule has 0 fully saturated rings. The van der Waals surface area contributed by atoms with Crippen molar-refractivity contribution in [3.63, 3.8) is 0 Å². The van der Waals surface area contributed by atoms with Gasteiger partial charge < -0.3 is 0 Å². The molecule has 0 amide bonds. The number of hydrogen-bond donors (Lipinski definition) is 0. The largest absolute Gasteiger partial charge is 0.240 e. The van der Waals surface area contributed by atoms with E-state index in [-0.39, 0.29) is 0 Å². The highest BCUT2D eigenvalue weighted by Gasteiger charge is 2.03. The van der Waals surface area contributed by atoms with E-state index in [1.165, 1.54) is 0 Å². The highest BCUT2D eigenvalue weighted by atomic mass is 35.5. The van der Waals surface area contributed by atoms with Crippen LogP contribution in [0.25, 0.3) is 16.9 Å². The Balaban J connectivity index is 1.95. The minimum absolute atomic E-state index is 0.717. The summed E-state index contributed by atoms with van der Waals surface area (Å²) in [5, 5.41) is 5.98. The predicted octanol–water partition coefficient (Wildman–Crippen LogP) is 4.85. The maximum absolute atomic E-state index is 5.88. The monoisotopic (exact) mass is 288 g/mol. The van der Waals surface area contributed by atoms with E-state index in [9.17, 15) is 0 Å². The molecule has 2 nitrogen and oxygen atoms in total. The fraction of sp³-hybridized carbons (Fsp3) is 0. The van der Waals surface area contributed by atoms with Gasteiger partial charge in [-0.3, -0.25) is 0 Å². The minimum Gasteiger partial charge on any atom is -0.240 e. The van der Waals surface area contributed by atoms with E-state index in [1.54, 1.807) is 0 Å². The Morgan fingerprint density at radius 3 is 1.95 bits per heavy atom. The van der Waals surface area contributed by atoms with Crippen LogP contribution in [0, 0.1) is 0 Å². The summed E-state index contributed by atoms with van der Waals surface area (Å²) in [6.07, 6.45) is 1.92. The summed E-state index contributed by atoms with van der Waals surface area (Å²) >= 11 is 11.7. The van der Waals surface area contributed by atoms with Crippen LogP contribution in [0.3, 0.4) is 0 Å². The van der Waals surface area contributed by atoms with Crippen molar-refractivity contribution < 1.29 is 0 Å². The summed E-state index contributed by atoms with van der Waals surface area (Å²) in [4.78, 5) is 0. The summed E-state index contributed by atoms with van der Waals surface area (Å²) in [7, 11) is 0. The van der Waals surface area contributed by atoms with Crippen molar-refractivity contribution in [3.05, 3.63) is 70.8 Å². The van der Waals surface area contributed by atoms with Crippen LogP contribution in [0.5, 0.6) is 0 Å². The van der Waals surface area contributed by atoms with Gasteiger partial charge in [-0.25, -0.2) is 4.68 Å². The van der Waals surface area contributed by atoms with Crippen LogP contribution in [0.4, 0.5) is 0 Å². The topological polar surface area (TPSA) is 17.8 Å². The number of hydrogen-bond acceptors (Lipinski definition) is 1. The van der Waals surface area contributed by atoms with Crippen LogP contribution in [0.2, 0.25) is 10.0 Å². The molecular formula is C15H10Cl2N2. The number of nitrogens with zero attached hydrogens (tertiary/aromatic N) is 2. The summed E-state index contributed by atoms with van der Waals surface area (Å²) in [5.74, 6) is 0. The van der Waals surface area contributed by atoms with E-state index in [2.05, 4.69) is 5.10 Å². The molecule has 1 heterocycles. The van der Waals surface area contributed by atoms with E-state index in [0.717, 1.165) is 22.0 Å². The molecule has 0 radical (unpaired) electrons. The summed E-state index contributed by atoms with van der Waals surface area (Å²) in [6.45, 7) is 0. The molecule has 0 aliphatic rings. The van der Waals surface area contributed by atoms with Gasteiger partial charge in [-0.15, -0.1) is 0 Å². The van der Waals surface area contributed by atoms with Gasteiger partial charge in [-0.2, -0.15) is 5.10 Å². The first kappa shape index (κ1) is 12.3.